The fourth-order valence-electron chi connectivity index (χ4n) is 2.28. The maximum atomic E-state index is 12.3. The number of benzene rings is 1. The number of allylic oxidation sites excluding steroid dienone is 1. The van der Waals surface area contributed by atoms with E-state index in [4.69, 9.17) is 13.9 Å². The van der Waals surface area contributed by atoms with Crippen molar-refractivity contribution in [3.05, 3.63) is 51.4 Å². The first-order valence-electron chi connectivity index (χ1n) is 7.26. The lowest BCUT2D eigenvalue weighted by Gasteiger charge is -2.11. The summed E-state index contributed by atoms with van der Waals surface area (Å²) in [4.78, 5) is 12.3. The molecule has 0 N–H and O–H groups in total. The van der Waals surface area contributed by atoms with Crippen LogP contribution in [0, 0.1) is 13.8 Å². The van der Waals surface area contributed by atoms with Crippen LogP contribution in [0.3, 0.4) is 0 Å². The topological polar surface area (TPSA) is 48.7 Å². The summed E-state index contributed by atoms with van der Waals surface area (Å²) in [5.74, 6) is 2.53. The normalized spacial score (nSPS) is 11.0. The number of aryl methyl sites for hydroxylation is 2. The molecule has 0 fully saturated rings. The number of hydrogen-bond donors (Lipinski definition) is 0. The van der Waals surface area contributed by atoms with Crippen LogP contribution in [0.25, 0.3) is 6.08 Å². The molecule has 0 bridgehead atoms. The number of rotatable bonds is 6. The van der Waals surface area contributed by atoms with E-state index in [0.29, 0.717) is 29.4 Å². The van der Waals surface area contributed by atoms with E-state index in [9.17, 15) is 4.79 Å². The molecule has 0 saturated heterocycles. The van der Waals surface area contributed by atoms with Gasteiger partial charge in [0.1, 0.15) is 11.5 Å². The number of methoxy groups -OCH3 is 1. The molecule has 0 saturated carbocycles. The van der Waals surface area contributed by atoms with Gasteiger partial charge in [0, 0.05) is 0 Å². The zero-order valence-electron chi connectivity index (χ0n) is 13.6. The van der Waals surface area contributed by atoms with Gasteiger partial charge in [-0.2, -0.15) is 0 Å². The second-order valence-electron chi connectivity index (χ2n) is 4.99. The molecule has 0 aliphatic carbocycles. The van der Waals surface area contributed by atoms with Gasteiger partial charge in [-0.15, -0.1) is 0 Å². The first-order valence-corrected chi connectivity index (χ1v) is 8.05. The van der Waals surface area contributed by atoms with E-state index in [1.807, 2.05) is 26.0 Å². The Kier molecular flexibility index (Phi) is 5.66. The molecule has 1 aromatic carbocycles. The van der Waals surface area contributed by atoms with Crippen molar-refractivity contribution in [2.24, 2.45) is 0 Å². The lowest BCUT2D eigenvalue weighted by Crippen LogP contribution is -1.97. The Morgan fingerprint density at radius 1 is 1.30 bits per heavy atom. The van der Waals surface area contributed by atoms with Gasteiger partial charge in [-0.25, -0.2) is 0 Å². The molecule has 0 aliphatic rings. The van der Waals surface area contributed by atoms with Gasteiger partial charge >= 0.3 is 0 Å². The van der Waals surface area contributed by atoms with Gasteiger partial charge in [0.2, 0.25) is 0 Å². The van der Waals surface area contributed by atoms with Crippen LogP contribution in [0.1, 0.15) is 34.4 Å². The first-order chi connectivity index (χ1) is 11.0. The van der Waals surface area contributed by atoms with Gasteiger partial charge in [0.05, 0.1) is 23.8 Å². The summed E-state index contributed by atoms with van der Waals surface area (Å²) in [6, 6.07) is 5.46. The molecule has 0 aliphatic heterocycles. The molecule has 1 heterocycles. The van der Waals surface area contributed by atoms with Gasteiger partial charge in [-0.1, -0.05) is 6.08 Å². The van der Waals surface area contributed by atoms with Crippen LogP contribution >= 0.6 is 15.9 Å². The lowest BCUT2D eigenvalue weighted by molar-refractivity contribution is 0.104. The van der Waals surface area contributed by atoms with Crippen LogP contribution in [-0.4, -0.2) is 19.5 Å². The summed E-state index contributed by atoms with van der Waals surface area (Å²) in [6.07, 6.45) is 3.28. The van der Waals surface area contributed by atoms with Crippen molar-refractivity contribution < 1.29 is 18.7 Å². The Balaban J connectivity index is 2.28. The molecule has 0 amide bonds. The fraction of sp³-hybridized carbons (Fsp3) is 0.278. The smallest absolute Gasteiger partial charge is 0.189 e. The molecule has 4 nitrogen and oxygen atoms in total. The quantitative estimate of drug-likeness (QED) is 0.526. The number of carbonyl (C=O) groups excluding carboxylic acids is 1. The van der Waals surface area contributed by atoms with Crippen molar-refractivity contribution >= 4 is 27.8 Å². The standard InChI is InChI=1S/C18H19BrO4/c1-5-22-17-10-13(9-15(19)18(17)21-4)6-7-16(20)14-8-11(2)23-12(14)3/h6-10H,5H2,1-4H3/b7-6+. The van der Waals surface area contributed by atoms with E-state index in [-0.39, 0.29) is 5.78 Å². The Hall–Kier alpha value is -2.01. The number of furan rings is 1. The van der Waals surface area contributed by atoms with Crippen molar-refractivity contribution in [2.45, 2.75) is 20.8 Å². The Morgan fingerprint density at radius 2 is 2.04 bits per heavy atom. The van der Waals surface area contributed by atoms with Crippen molar-refractivity contribution in [3.63, 3.8) is 0 Å². The highest BCUT2D eigenvalue weighted by molar-refractivity contribution is 9.10. The van der Waals surface area contributed by atoms with E-state index in [1.165, 1.54) is 6.08 Å². The van der Waals surface area contributed by atoms with Crippen LogP contribution in [0.5, 0.6) is 11.5 Å². The Labute approximate surface area is 144 Å². The minimum Gasteiger partial charge on any atom is -0.492 e. The molecule has 0 unspecified atom stereocenters. The van der Waals surface area contributed by atoms with Gasteiger partial charge in [0.15, 0.2) is 17.3 Å². The molecule has 23 heavy (non-hydrogen) atoms. The highest BCUT2D eigenvalue weighted by atomic mass is 79.9. The average molecular weight is 379 g/mol. The van der Waals surface area contributed by atoms with Gasteiger partial charge in [-0.3, -0.25) is 4.79 Å². The molecular weight excluding hydrogens is 360 g/mol. The van der Waals surface area contributed by atoms with Crippen LogP contribution in [0.2, 0.25) is 0 Å². The number of halogens is 1. The van der Waals surface area contributed by atoms with E-state index in [1.54, 1.807) is 26.2 Å². The lowest BCUT2D eigenvalue weighted by atomic mass is 10.1. The molecule has 0 spiro atoms. The minimum atomic E-state index is -0.0933. The summed E-state index contributed by atoms with van der Waals surface area (Å²) in [7, 11) is 1.59. The van der Waals surface area contributed by atoms with E-state index in [0.717, 1.165) is 15.8 Å². The second-order valence-corrected chi connectivity index (χ2v) is 5.85. The third-order valence-corrected chi connectivity index (χ3v) is 3.86. The highest BCUT2D eigenvalue weighted by Gasteiger charge is 2.12. The number of ketones is 1. The maximum Gasteiger partial charge on any atom is 0.189 e. The maximum absolute atomic E-state index is 12.3. The largest absolute Gasteiger partial charge is 0.492 e. The van der Waals surface area contributed by atoms with E-state index >= 15 is 0 Å². The predicted molar refractivity (Wildman–Crippen MR) is 93.4 cm³/mol. The zero-order chi connectivity index (χ0) is 17.0. The second kappa shape index (κ2) is 7.51. The van der Waals surface area contributed by atoms with Crippen molar-refractivity contribution in [2.75, 3.05) is 13.7 Å². The number of ether oxygens (including phenoxy) is 2. The van der Waals surface area contributed by atoms with E-state index < -0.39 is 0 Å². The Morgan fingerprint density at radius 3 is 2.61 bits per heavy atom. The number of carbonyl (C=O) groups is 1. The van der Waals surface area contributed by atoms with Crippen LogP contribution in [0.15, 0.2) is 33.2 Å². The highest BCUT2D eigenvalue weighted by Crippen LogP contribution is 2.37. The molecule has 5 heteroatoms. The summed E-state index contributed by atoms with van der Waals surface area (Å²) >= 11 is 3.46. The van der Waals surface area contributed by atoms with Gasteiger partial charge in [-0.05, 0) is 66.5 Å². The van der Waals surface area contributed by atoms with Crippen LogP contribution in [0.4, 0.5) is 0 Å². The fourth-order valence-corrected chi connectivity index (χ4v) is 2.90. The van der Waals surface area contributed by atoms with Gasteiger partial charge < -0.3 is 13.9 Å². The molecule has 2 aromatic rings. The zero-order valence-corrected chi connectivity index (χ0v) is 15.2. The van der Waals surface area contributed by atoms with Crippen LogP contribution < -0.4 is 9.47 Å². The number of hydrogen-bond acceptors (Lipinski definition) is 4. The monoisotopic (exact) mass is 378 g/mol. The molecule has 0 radical (unpaired) electrons. The van der Waals surface area contributed by atoms with Gasteiger partial charge in [0.25, 0.3) is 0 Å². The molecule has 122 valence electrons. The summed E-state index contributed by atoms with van der Waals surface area (Å²) in [6.45, 7) is 6.04. The molecule has 1 aromatic heterocycles. The molecule has 0 atom stereocenters. The van der Waals surface area contributed by atoms with Crippen molar-refractivity contribution in [1.82, 2.24) is 0 Å². The van der Waals surface area contributed by atoms with E-state index in [2.05, 4.69) is 15.9 Å². The summed E-state index contributed by atoms with van der Waals surface area (Å²) < 4.78 is 17.1. The SMILES string of the molecule is CCOc1cc(/C=C/C(=O)c2cc(C)oc2C)cc(Br)c1OC. The van der Waals surface area contributed by atoms with Crippen molar-refractivity contribution in [3.8, 4) is 11.5 Å². The van der Waals surface area contributed by atoms with Crippen molar-refractivity contribution in [1.29, 1.82) is 0 Å². The summed E-state index contributed by atoms with van der Waals surface area (Å²) in [5, 5.41) is 0. The minimum absolute atomic E-state index is 0.0933. The first kappa shape index (κ1) is 17.3. The third-order valence-electron chi connectivity index (χ3n) is 3.27. The molecule has 2 rings (SSSR count). The average Bonchev–Trinajstić information content (AvgIpc) is 2.84. The Bertz CT molecular complexity index is 744. The molecular formula is C18H19BrO4. The predicted octanol–water partition coefficient (Wildman–Crippen LogP) is 4.96. The third kappa shape index (κ3) is 4.05. The van der Waals surface area contributed by atoms with Crippen LogP contribution in [-0.2, 0) is 0 Å². The summed E-state index contributed by atoms with van der Waals surface area (Å²) in [5.41, 5.74) is 1.42.